The molecule has 0 N–H and O–H groups in total. The zero-order valence-electron chi connectivity index (χ0n) is 20.5. The highest BCUT2D eigenvalue weighted by Gasteiger charge is 2.36. The Morgan fingerprint density at radius 1 is 0.381 bits per heavy atom. The lowest BCUT2D eigenvalue weighted by Crippen LogP contribution is -2.18. The van der Waals surface area contributed by atoms with Crippen LogP contribution in [0.3, 0.4) is 0 Å². The summed E-state index contributed by atoms with van der Waals surface area (Å²) in [5, 5.41) is 0. The van der Waals surface area contributed by atoms with E-state index in [-0.39, 0.29) is 22.9 Å². The van der Waals surface area contributed by atoms with Crippen LogP contribution in [0.4, 0.5) is 61.0 Å². The quantitative estimate of drug-likeness (QED) is 0.115. The minimum absolute atomic E-state index is 0.0395. The second-order valence-electron chi connectivity index (χ2n) is 8.96. The molecule has 6 rings (SSSR count). The number of hydrogen-bond donors (Lipinski definition) is 0. The molecule has 2 nitrogen and oxygen atoms in total. The van der Waals surface area contributed by atoms with E-state index in [9.17, 15) is 26.3 Å². The smallest absolute Gasteiger partial charge is 0.200 e. The van der Waals surface area contributed by atoms with E-state index in [2.05, 4.69) is 0 Å². The van der Waals surface area contributed by atoms with Crippen molar-refractivity contribution in [1.82, 2.24) is 0 Å². The lowest BCUT2D eigenvalue weighted by atomic mass is 9.92. The van der Waals surface area contributed by atoms with Crippen molar-refractivity contribution in [2.24, 2.45) is 0 Å². The van der Waals surface area contributed by atoms with Crippen molar-refractivity contribution in [1.29, 1.82) is 0 Å². The normalized spacial score (nSPS) is 12.2. The average molecular weight is 591 g/mol. The van der Waals surface area contributed by atoms with Crippen molar-refractivity contribution < 1.29 is 48.6 Å². The molecule has 0 spiro atoms. The van der Waals surface area contributed by atoms with Gasteiger partial charge in [0.15, 0.2) is 58.0 Å². The number of ether oxygens (including phenoxy) is 1. The van der Waals surface area contributed by atoms with Gasteiger partial charge in [0.1, 0.15) is 0 Å². The Balaban J connectivity index is 1.83. The number of nitrogens with zero attached hydrogens (tertiary/aromatic N) is 1. The van der Waals surface area contributed by atoms with Crippen molar-refractivity contribution in [3.63, 3.8) is 0 Å². The fourth-order valence-electron chi connectivity index (χ4n) is 4.82. The van der Waals surface area contributed by atoms with E-state index in [1.165, 1.54) is 48.5 Å². The highest BCUT2D eigenvalue weighted by molar-refractivity contribution is 6.00. The van der Waals surface area contributed by atoms with Crippen LogP contribution in [0.15, 0.2) is 66.7 Å². The number of benzene rings is 5. The SMILES string of the molecule is Fc1c(F)c(F)c(-c2cccc(-c3c(F)c(F)c(F)c(F)c3F)c2N2c3ccccc3Oc3ccccc32)c(F)c1F. The van der Waals surface area contributed by atoms with E-state index in [1.807, 2.05) is 0 Å². The molecule has 0 radical (unpaired) electrons. The number of para-hydroxylation sites is 5. The molecule has 1 aliphatic heterocycles. The molecule has 0 unspecified atom stereocenters. The van der Waals surface area contributed by atoms with Crippen LogP contribution in [-0.2, 0) is 0 Å². The molecule has 0 aromatic heterocycles. The van der Waals surface area contributed by atoms with Gasteiger partial charge in [-0.05, 0) is 24.3 Å². The first-order chi connectivity index (χ1) is 20.0. The number of rotatable bonds is 3. The fraction of sp³-hybridized carbons (Fsp3) is 0. The van der Waals surface area contributed by atoms with Crippen LogP contribution < -0.4 is 9.64 Å². The van der Waals surface area contributed by atoms with Gasteiger partial charge < -0.3 is 9.64 Å². The van der Waals surface area contributed by atoms with E-state index in [1.54, 1.807) is 0 Å². The predicted octanol–water partition coefficient (Wildman–Crippen LogP) is 9.99. The molecule has 0 atom stereocenters. The first-order valence-corrected chi connectivity index (χ1v) is 11.9. The van der Waals surface area contributed by atoms with Gasteiger partial charge in [-0.15, -0.1) is 0 Å². The summed E-state index contributed by atoms with van der Waals surface area (Å²) in [7, 11) is 0. The van der Waals surface area contributed by atoms with Gasteiger partial charge >= 0.3 is 0 Å². The summed E-state index contributed by atoms with van der Waals surface area (Å²) in [4.78, 5) is 1.11. The Labute approximate surface area is 229 Å². The molecule has 12 heteroatoms. The summed E-state index contributed by atoms with van der Waals surface area (Å²) in [5.41, 5.74) is -5.25. The maximum Gasteiger partial charge on any atom is 0.200 e. The van der Waals surface area contributed by atoms with E-state index >= 15 is 17.6 Å². The minimum atomic E-state index is -2.46. The largest absolute Gasteiger partial charge is 0.453 e. The zero-order chi connectivity index (χ0) is 30.0. The third kappa shape index (κ3) is 3.81. The maximum atomic E-state index is 15.2. The third-order valence-corrected chi connectivity index (χ3v) is 6.65. The van der Waals surface area contributed by atoms with Gasteiger partial charge in [0.2, 0.25) is 11.6 Å². The van der Waals surface area contributed by atoms with Crippen molar-refractivity contribution >= 4 is 17.1 Å². The summed E-state index contributed by atoms with van der Waals surface area (Å²) in [6.45, 7) is 0. The van der Waals surface area contributed by atoms with Gasteiger partial charge in [0.25, 0.3) is 0 Å². The molecule has 0 aliphatic carbocycles. The highest BCUT2D eigenvalue weighted by Crippen LogP contribution is 2.55. The van der Waals surface area contributed by atoms with Gasteiger partial charge in [-0.1, -0.05) is 42.5 Å². The molecule has 42 heavy (non-hydrogen) atoms. The lowest BCUT2D eigenvalue weighted by molar-refractivity contribution is 0.381. The van der Waals surface area contributed by atoms with Crippen LogP contribution in [0.1, 0.15) is 0 Å². The summed E-state index contributed by atoms with van der Waals surface area (Å²) >= 11 is 0. The third-order valence-electron chi connectivity index (χ3n) is 6.65. The molecule has 5 aromatic rings. The number of anilines is 3. The van der Waals surface area contributed by atoms with Crippen molar-refractivity contribution in [3.05, 3.63) is 125 Å². The summed E-state index contributed by atoms with van der Waals surface area (Å²) in [5.74, 6) is -23.2. The molecule has 0 amide bonds. The fourth-order valence-corrected chi connectivity index (χ4v) is 4.82. The summed E-state index contributed by atoms with van der Waals surface area (Å²) in [6.07, 6.45) is 0. The number of fused-ring (bicyclic) bond motifs is 2. The molecule has 0 fully saturated rings. The Morgan fingerprint density at radius 3 is 1.10 bits per heavy atom. The predicted molar refractivity (Wildman–Crippen MR) is 132 cm³/mol. The molecule has 212 valence electrons. The van der Waals surface area contributed by atoms with Crippen molar-refractivity contribution in [2.45, 2.75) is 0 Å². The molecule has 0 saturated carbocycles. The van der Waals surface area contributed by atoms with Crippen molar-refractivity contribution in [2.75, 3.05) is 4.90 Å². The second kappa shape index (κ2) is 9.82. The van der Waals surface area contributed by atoms with E-state index < -0.39 is 86.1 Å². The minimum Gasteiger partial charge on any atom is -0.453 e. The second-order valence-corrected chi connectivity index (χ2v) is 8.96. The van der Waals surface area contributed by atoms with Crippen LogP contribution in [-0.4, -0.2) is 0 Å². The van der Waals surface area contributed by atoms with Crippen LogP contribution in [0, 0.1) is 58.2 Å². The first kappa shape index (κ1) is 27.2. The van der Waals surface area contributed by atoms with E-state index in [4.69, 9.17) is 4.74 Å². The average Bonchev–Trinajstić information content (AvgIpc) is 3.00. The molecule has 5 aromatic carbocycles. The van der Waals surface area contributed by atoms with Crippen LogP contribution in [0.2, 0.25) is 0 Å². The van der Waals surface area contributed by atoms with Crippen LogP contribution in [0.5, 0.6) is 11.5 Å². The monoisotopic (exact) mass is 591 g/mol. The van der Waals surface area contributed by atoms with Crippen molar-refractivity contribution in [3.8, 4) is 33.8 Å². The summed E-state index contributed by atoms with van der Waals surface area (Å²) < 4.78 is 152. The molecule has 0 bridgehead atoms. The van der Waals surface area contributed by atoms with Gasteiger partial charge in [-0.2, -0.15) is 0 Å². The Hall–Kier alpha value is -5.00. The van der Waals surface area contributed by atoms with E-state index in [0.717, 1.165) is 23.1 Å². The first-order valence-electron chi connectivity index (χ1n) is 11.9. The molecule has 0 saturated heterocycles. The summed E-state index contributed by atoms with van der Waals surface area (Å²) in [6, 6.07) is 14.3. The molecule has 1 heterocycles. The van der Waals surface area contributed by atoms with Gasteiger partial charge in [-0.25, -0.2) is 43.9 Å². The Bertz CT molecular complexity index is 1750. The van der Waals surface area contributed by atoms with Crippen LogP contribution in [0.25, 0.3) is 22.3 Å². The zero-order valence-corrected chi connectivity index (χ0v) is 20.5. The lowest BCUT2D eigenvalue weighted by Gasteiger charge is -2.35. The number of halogens is 10. The number of hydrogen-bond acceptors (Lipinski definition) is 2. The molecule has 1 aliphatic rings. The van der Waals surface area contributed by atoms with E-state index in [0.29, 0.717) is 0 Å². The molecular weight excluding hydrogens is 580 g/mol. The Kier molecular flexibility index (Phi) is 6.36. The maximum absolute atomic E-state index is 15.2. The van der Waals surface area contributed by atoms with Gasteiger partial charge in [-0.3, -0.25) is 0 Å². The topological polar surface area (TPSA) is 12.5 Å². The van der Waals surface area contributed by atoms with Crippen LogP contribution >= 0.6 is 0 Å². The standard InChI is InChI=1S/C30H11F10NO/c31-20-18(21(32)25(36)28(39)24(20)35)12-6-5-7-13(19-22(33)26(37)29(40)27(38)23(19)34)30(12)41-14-8-1-3-10-16(14)42-17-11-4-2-9-15(17)41/h1-11H. The van der Waals surface area contributed by atoms with Gasteiger partial charge in [0, 0.05) is 11.1 Å². The highest BCUT2D eigenvalue weighted by atomic mass is 19.2. The molecular formula is C30H11F10NO. The van der Waals surface area contributed by atoms with Gasteiger partial charge in [0.05, 0.1) is 28.2 Å². The Morgan fingerprint density at radius 2 is 0.714 bits per heavy atom.